The molecular formula is C12H25N3O2. The number of nitrogens with one attached hydrogen (secondary N) is 1. The van der Waals surface area contributed by atoms with Gasteiger partial charge in [-0.15, -0.1) is 0 Å². The van der Waals surface area contributed by atoms with Gasteiger partial charge in [0.15, 0.2) is 0 Å². The summed E-state index contributed by atoms with van der Waals surface area (Å²) in [5.41, 5.74) is 5.21. The van der Waals surface area contributed by atoms with Crippen LogP contribution in [0.4, 0.5) is 0 Å². The molecule has 100 valence electrons. The first-order valence-electron chi connectivity index (χ1n) is 6.29. The Bertz CT molecular complexity index is 240. The number of carbonyl (C=O) groups is 1. The summed E-state index contributed by atoms with van der Waals surface area (Å²) < 4.78 is 0. The number of unbranched alkanes of at least 4 members (excludes halogenated alkanes) is 3. The Balaban J connectivity index is 3.31. The lowest BCUT2D eigenvalue weighted by Crippen LogP contribution is -2.29. The van der Waals surface area contributed by atoms with Gasteiger partial charge in [-0.05, 0) is 12.3 Å². The van der Waals surface area contributed by atoms with Crippen LogP contribution in [0, 0.1) is 5.92 Å². The fourth-order valence-electron chi connectivity index (χ4n) is 1.52. The van der Waals surface area contributed by atoms with E-state index in [-0.39, 0.29) is 18.2 Å². The maximum absolute atomic E-state index is 11.2. The lowest BCUT2D eigenvalue weighted by molar-refractivity contribution is -0.119. The van der Waals surface area contributed by atoms with Gasteiger partial charge in [0.25, 0.3) is 0 Å². The van der Waals surface area contributed by atoms with Crippen molar-refractivity contribution < 1.29 is 10.0 Å². The third kappa shape index (κ3) is 11.0. The minimum atomic E-state index is -0.192. The van der Waals surface area contributed by atoms with Crippen molar-refractivity contribution in [2.75, 3.05) is 6.54 Å². The van der Waals surface area contributed by atoms with E-state index in [4.69, 9.17) is 10.9 Å². The molecule has 0 saturated heterocycles. The molecule has 5 heteroatoms. The van der Waals surface area contributed by atoms with Crippen LogP contribution < -0.4 is 11.1 Å². The molecule has 0 aliphatic carbocycles. The third-order valence-corrected chi connectivity index (χ3v) is 2.50. The summed E-state index contributed by atoms with van der Waals surface area (Å²) in [5, 5.41) is 13.8. The van der Waals surface area contributed by atoms with E-state index in [1.165, 1.54) is 19.3 Å². The molecule has 5 nitrogen and oxygen atoms in total. The molecule has 0 aromatic heterocycles. The number of amides is 1. The molecule has 1 amide bonds. The second-order valence-corrected chi connectivity index (χ2v) is 4.71. The largest absolute Gasteiger partial charge is 0.409 e. The number of hydrogen-bond donors (Lipinski definition) is 3. The molecule has 4 N–H and O–H groups in total. The van der Waals surface area contributed by atoms with Crippen molar-refractivity contribution in [1.29, 1.82) is 0 Å². The van der Waals surface area contributed by atoms with Crippen molar-refractivity contribution in [3.63, 3.8) is 0 Å². The first-order valence-corrected chi connectivity index (χ1v) is 6.29. The van der Waals surface area contributed by atoms with Crippen LogP contribution in [0.5, 0.6) is 0 Å². The molecule has 0 aromatic rings. The smallest absolute Gasteiger partial charge is 0.227 e. The number of oxime groups is 1. The van der Waals surface area contributed by atoms with Gasteiger partial charge in [-0.25, -0.2) is 0 Å². The monoisotopic (exact) mass is 243 g/mol. The number of nitrogens with two attached hydrogens (primary N) is 1. The number of amidine groups is 1. The Hall–Kier alpha value is -1.26. The van der Waals surface area contributed by atoms with Gasteiger partial charge in [0.1, 0.15) is 5.84 Å². The molecule has 0 fully saturated rings. The number of hydrogen-bond acceptors (Lipinski definition) is 3. The molecule has 0 radical (unpaired) electrons. The molecule has 0 rings (SSSR count). The summed E-state index contributed by atoms with van der Waals surface area (Å²) in [6.07, 6.45) is 5.83. The van der Waals surface area contributed by atoms with Gasteiger partial charge < -0.3 is 16.3 Å². The number of carbonyl (C=O) groups excluding carboxylic acids is 1. The molecule has 0 aromatic carbocycles. The summed E-state index contributed by atoms with van der Waals surface area (Å²) in [6.45, 7) is 5.12. The summed E-state index contributed by atoms with van der Waals surface area (Å²) >= 11 is 0. The van der Waals surface area contributed by atoms with Crippen molar-refractivity contribution in [1.82, 2.24) is 5.32 Å². The van der Waals surface area contributed by atoms with Crippen LogP contribution in [0.1, 0.15) is 52.4 Å². The normalized spacial score (nSPS) is 11.8. The Labute approximate surface area is 103 Å². The first-order chi connectivity index (χ1) is 8.06. The highest BCUT2D eigenvalue weighted by Gasteiger charge is 2.03. The van der Waals surface area contributed by atoms with Gasteiger partial charge in [-0.3, -0.25) is 4.79 Å². The van der Waals surface area contributed by atoms with E-state index < -0.39 is 0 Å². The van der Waals surface area contributed by atoms with E-state index in [0.717, 1.165) is 18.8 Å². The molecule has 0 aliphatic rings. The lowest BCUT2D eigenvalue weighted by Gasteiger charge is -2.05. The third-order valence-electron chi connectivity index (χ3n) is 2.50. The van der Waals surface area contributed by atoms with Crippen LogP contribution >= 0.6 is 0 Å². The maximum Gasteiger partial charge on any atom is 0.227 e. The van der Waals surface area contributed by atoms with Crippen LogP contribution in [-0.4, -0.2) is 23.5 Å². The van der Waals surface area contributed by atoms with Crippen molar-refractivity contribution in [2.45, 2.75) is 52.4 Å². The summed E-state index contributed by atoms with van der Waals surface area (Å²) in [7, 11) is 0. The Kier molecular flexibility index (Phi) is 9.19. The van der Waals surface area contributed by atoms with E-state index in [2.05, 4.69) is 24.3 Å². The standard InChI is InChI=1S/C12H25N3O2/c1-10(2)7-5-3-4-6-8-14-12(16)9-11(13)15-17/h10,17H,3-9H2,1-2H3,(H2,13,15)(H,14,16). The van der Waals surface area contributed by atoms with Crippen LogP contribution in [0.2, 0.25) is 0 Å². The van der Waals surface area contributed by atoms with Crippen LogP contribution in [0.25, 0.3) is 0 Å². The zero-order valence-electron chi connectivity index (χ0n) is 10.9. The van der Waals surface area contributed by atoms with Crippen LogP contribution in [0.15, 0.2) is 5.16 Å². The van der Waals surface area contributed by atoms with Crippen molar-refractivity contribution >= 4 is 11.7 Å². The first kappa shape index (κ1) is 15.7. The molecule has 0 bridgehead atoms. The molecule has 17 heavy (non-hydrogen) atoms. The van der Waals surface area contributed by atoms with E-state index in [1.54, 1.807) is 0 Å². The van der Waals surface area contributed by atoms with Gasteiger partial charge in [-0.2, -0.15) is 0 Å². The van der Waals surface area contributed by atoms with Crippen LogP contribution in [0.3, 0.4) is 0 Å². The average Bonchev–Trinajstić information content (AvgIpc) is 2.27. The predicted molar refractivity (Wildman–Crippen MR) is 69.0 cm³/mol. The molecule has 0 atom stereocenters. The van der Waals surface area contributed by atoms with Crippen LogP contribution in [-0.2, 0) is 4.79 Å². The predicted octanol–water partition coefficient (Wildman–Crippen LogP) is 1.85. The second-order valence-electron chi connectivity index (χ2n) is 4.71. The van der Waals surface area contributed by atoms with Crippen molar-refractivity contribution in [2.24, 2.45) is 16.8 Å². The number of nitrogens with zero attached hydrogens (tertiary/aromatic N) is 1. The van der Waals surface area contributed by atoms with Crippen molar-refractivity contribution in [3.8, 4) is 0 Å². The fraction of sp³-hybridized carbons (Fsp3) is 0.833. The minimum Gasteiger partial charge on any atom is -0.409 e. The van der Waals surface area contributed by atoms with E-state index in [1.807, 2.05) is 0 Å². The average molecular weight is 243 g/mol. The highest BCUT2D eigenvalue weighted by atomic mass is 16.4. The number of rotatable bonds is 9. The van der Waals surface area contributed by atoms with Gasteiger partial charge >= 0.3 is 0 Å². The van der Waals surface area contributed by atoms with Crippen molar-refractivity contribution in [3.05, 3.63) is 0 Å². The van der Waals surface area contributed by atoms with E-state index >= 15 is 0 Å². The summed E-state index contributed by atoms with van der Waals surface area (Å²) in [4.78, 5) is 11.2. The highest BCUT2D eigenvalue weighted by Crippen LogP contribution is 2.08. The Morgan fingerprint density at radius 2 is 1.94 bits per heavy atom. The molecule has 0 saturated carbocycles. The highest BCUT2D eigenvalue weighted by molar-refractivity contribution is 5.98. The topological polar surface area (TPSA) is 87.7 Å². The summed E-state index contributed by atoms with van der Waals surface area (Å²) in [5.74, 6) is 0.525. The Morgan fingerprint density at radius 3 is 2.53 bits per heavy atom. The molecule has 0 unspecified atom stereocenters. The molecular weight excluding hydrogens is 218 g/mol. The van der Waals surface area contributed by atoms with E-state index in [9.17, 15) is 4.79 Å². The quantitative estimate of drug-likeness (QED) is 0.190. The minimum absolute atomic E-state index is 0.0378. The lowest BCUT2D eigenvalue weighted by atomic mass is 10.0. The fourth-order valence-corrected chi connectivity index (χ4v) is 1.52. The Morgan fingerprint density at radius 1 is 1.29 bits per heavy atom. The maximum atomic E-state index is 11.2. The second kappa shape index (κ2) is 9.93. The zero-order chi connectivity index (χ0) is 13.1. The van der Waals surface area contributed by atoms with Gasteiger partial charge in [-0.1, -0.05) is 44.7 Å². The SMILES string of the molecule is CC(C)CCCCCCNC(=O)CC(N)=NO. The molecule has 0 heterocycles. The molecule has 0 spiro atoms. The van der Waals surface area contributed by atoms with Gasteiger partial charge in [0.2, 0.25) is 5.91 Å². The van der Waals surface area contributed by atoms with Gasteiger partial charge in [0, 0.05) is 6.54 Å². The summed E-state index contributed by atoms with van der Waals surface area (Å²) in [6, 6.07) is 0. The van der Waals surface area contributed by atoms with E-state index in [0.29, 0.717) is 6.54 Å². The zero-order valence-corrected chi connectivity index (χ0v) is 10.9. The van der Waals surface area contributed by atoms with Gasteiger partial charge in [0.05, 0.1) is 6.42 Å². The molecule has 0 aliphatic heterocycles.